The van der Waals surface area contributed by atoms with Gasteiger partial charge in [-0.1, -0.05) is 0 Å². The minimum Gasteiger partial charge on any atom is -0.304 e. The second-order valence-corrected chi connectivity index (χ2v) is 1.01. The zero-order valence-electron chi connectivity index (χ0n) is 3.71. The van der Waals surface area contributed by atoms with Crippen LogP contribution in [0.4, 0.5) is 0 Å². The van der Waals surface area contributed by atoms with Crippen LogP contribution in [0.1, 0.15) is 0 Å². The van der Waals surface area contributed by atoms with Crippen LogP contribution in [0, 0.1) is 0 Å². The van der Waals surface area contributed by atoms with Crippen molar-refractivity contribution in [3.05, 3.63) is 0 Å². The van der Waals surface area contributed by atoms with Gasteiger partial charge in [0, 0.05) is 11.5 Å². The average molecular weight is 106 g/mol. The van der Waals surface area contributed by atoms with Gasteiger partial charge in [0.1, 0.15) is 0 Å². The van der Waals surface area contributed by atoms with E-state index in [1.807, 2.05) is 0 Å². The van der Waals surface area contributed by atoms with Crippen LogP contribution in [0.2, 0.25) is 0 Å². The van der Waals surface area contributed by atoms with Gasteiger partial charge in [0.05, 0.1) is 19.1 Å². The second-order valence-electron chi connectivity index (χ2n) is 0.523. The summed E-state index contributed by atoms with van der Waals surface area (Å²) < 4.78 is 4.36. The molecule has 0 aliphatic carbocycles. The van der Waals surface area contributed by atoms with E-state index in [0.29, 0.717) is 0 Å². The molecule has 0 radical (unpaired) electrons. The van der Waals surface area contributed by atoms with E-state index in [9.17, 15) is 0 Å². The third-order valence-electron chi connectivity index (χ3n) is 0.190. The number of nitrogens with zero attached hydrogens (tertiary/aromatic N) is 2. The molecule has 0 fully saturated rings. The molecule has 0 aromatic carbocycles. The molecule has 0 atom stereocenters. The third kappa shape index (κ3) is 3.75. The maximum atomic E-state index is 4.36. The molecule has 0 aromatic heterocycles. The Labute approximate surface area is 41.0 Å². The van der Waals surface area contributed by atoms with E-state index in [-0.39, 0.29) is 0 Å². The molecule has 0 N–H and O–H groups in total. The van der Waals surface area contributed by atoms with Crippen molar-refractivity contribution < 1.29 is 4.28 Å². The summed E-state index contributed by atoms with van der Waals surface area (Å²) in [4.78, 5) is 0. The van der Waals surface area contributed by atoms with E-state index >= 15 is 0 Å². The number of hydrogen-bond donors (Lipinski definition) is 0. The largest absolute Gasteiger partial charge is 0.304 e. The quantitative estimate of drug-likeness (QED) is 0.302. The maximum Gasteiger partial charge on any atom is 0.0863 e. The highest BCUT2D eigenvalue weighted by Crippen LogP contribution is 1.92. The van der Waals surface area contributed by atoms with E-state index < -0.39 is 0 Å². The zero-order valence-corrected chi connectivity index (χ0v) is 4.53. The fourth-order valence-electron chi connectivity index (χ4n) is 0.0667. The SMILES string of the molecule is C/N=N\OSC. The minimum atomic E-state index is 1.17. The lowest BCUT2D eigenvalue weighted by molar-refractivity contribution is 0.369. The van der Waals surface area contributed by atoms with Crippen molar-refractivity contribution in [2.75, 3.05) is 13.3 Å². The van der Waals surface area contributed by atoms with Crippen LogP contribution in [0.5, 0.6) is 0 Å². The molecule has 0 heterocycles. The van der Waals surface area contributed by atoms with E-state index in [1.54, 1.807) is 13.3 Å². The summed E-state index contributed by atoms with van der Waals surface area (Å²) in [5.41, 5.74) is 0. The highest BCUT2D eigenvalue weighted by atomic mass is 32.2. The topological polar surface area (TPSA) is 34.0 Å². The van der Waals surface area contributed by atoms with Crippen LogP contribution >= 0.6 is 12.0 Å². The van der Waals surface area contributed by atoms with Gasteiger partial charge in [0.2, 0.25) is 0 Å². The highest BCUT2D eigenvalue weighted by molar-refractivity contribution is 7.93. The van der Waals surface area contributed by atoms with Gasteiger partial charge in [0.15, 0.2) is 0 Å². The number of rotatable bonds is 2. The number of hydrogen-bond acceptors (Lipinski definition) is 4. The van der Waals surface area contributed by atoms with Gasteiger partial charge in [-0.2, -0.15) is 5.11 Å². The van der Waals surface area contributed by atoms with E-state index in [0.717, 1.165) is 0 Å². The Morgan fingerprint density at radius 3 is 2.50 bits per heavy atom. The molecular weight excluding hydrogens is 100 g/mol. The Kier molecular flexibility index (Phi) is 4.55. The first-order valence-electron chi connectivity index (χ1n) is 1.40. The smallest absolute Gasteiger partial charge is 0.0863 e. The molecule has 0 saturated carbocycles. The van der Waals surface area contributed by atoms with Crippen molar-refractivity contribution >= 4 is 12.0 Å². The zero-order chi connectivity index (χ0) is 4.83. The van der Waals surface area contributed by atoms with Crippen molar-refractivity contribution in [3.8, 4) is 0 Å². The molecule has 4 heteroatoms. The second kappa shape index (κ2) is 4.75. The maximum absolute atomic E-state index is 4.36. The molecule has 36 valence electrons. The van der Waals surface area contributed by atoms with Gasteiger partial charge in [-0.15, -0.1) is 0 Å². The fraction of sp³-hybridized carbons (Fsp3) is 1.00. The normalized spacial score (nSPS) is 9.67. The van der Waals surface area contributed by atoms with Gasteiger partial charge in [-0.25, -0.2) is 0 Å². The lowest BCUT2D eigenvalue weighted by atomic mass is 11.6. The molecule has 6 heavy (non-hydrogen) atoms. The van der Waals surface area contributed by atoms with Gasteiger partial charge in [-0.3, -0.25) is 0 Å². The summed E-state index contributed by atoms with van der Waals surface area (Å²) in [5.74, 6) is 0. The molecule has 0 aliphatic rings. The van der Waals surface area contributed by atoms with Crippen LogP contribution in [0.3, 0.4) is 0 Å². The lowest BCUT2D eigenvalue weighted by Gasteiger charge is -1.79. The fourth-order valence-corrected chi connectivity index (χ4v) is 0.200. The van der Waals surface area contributed by atoms with Gasteiger partial charge in [0.25, 0.3) is 0 Å². The van der Waals surface area contributed by atoms with Crippen LogP contribution in [0.25, 0.3) is 0 Å². The summed E-state index contributed by atoms with van der Waals surface area (Å²) in [6.07, 6.45) is 1.77. The molecule has 0 rings (SSSR count). The molecule has 0 bridgehead atoms. The summed E-state index contributed by atoms with van der Waals surface area (Å²) in [5, 5.41) is 6.49. The highest BCUT2D eigenvalue weighted by Gasteiger charge is 1.64. The molecule has 3 nitrogen and oxygen atoms in total. The summed E-state index contributed by atoms with van der Waals surface area (Å²) in [7, 11) is 1.55. The van der Waals surface area contributed by atoms with Crippen LogP contribution in [-0.4, -0.2) is 13.3 Å². The van der Waals surface area contributed by atoms with Crippen molar-refractivity contribution in [1.29, 1.82) is 0 Å². The Morgan fingerprint density at radius 1 is 1.67 bits per heavy atom. The third-order valence-corrected chi connectivity index (χ3v) is 0.405. The average Bonchev–Trinajstić information content (AvgIpc) is 1.61. The summed E-state index contributed by atoms with van der Waals surface area (Å²) >= 11 is 1.17. The Bertz CT molecular complexity index is 46.8. The van der Waals surface area contributed by atoms with Crippen molar-refractivity contribution in [3.63, 3.8) is 0 Å². The predicted octanol–water partition coefficient (Wildman–Crippen LogP) is 1.28. The molecule has 0 aliphatic heterocycles. The van der Waals surface area contributed by atoms with Gasteiger partial charge >= 0.3 is 0 Å². The summed E-state index contributed by atoms with van der Waals surface area (Å²) in [6.45, 7) is 0. The molecular formula is C2H6N2OS. The minimum absolute atomic E-state index is 1.17. The first-order chi connectivity index (χ1) is 2.91. The van der Waals surface area contributed by atoms with Gasteiger partial charge < -0.3 is 4.28 Å². The molecule has 0 unspecified atom stereocenters. The Hall–Kier alpha value is -0.250. The molecule has 0 aromatic rings. The molecule has 0 spiro atoms. The van der Waals surface area contributed by atoms with Crippen molar-refractivity contribution in [2.24, 2.45) is 10.4 Å². The van der Waals surface area contributed by atoms with Crippen molar-refractivity contribution in [2.45, 2.75) is 0 Å². The standard InChI is InChI=1S/C2H6N2OS/c1-3-4-5-6-2/h1-2H3/b4-3-. The van der Waals surface area contributed by atoms with Gasteiger partial charge in [-0.05, 0) is 0 Å². The monoisotopic (exact) mass is 106 g/mol. The van der Waals surface area contributed by atoms with Crippen molar-refractivity contribution in [1.82, 2.24) is 0 Å². The van der Waals surface area contributed by atoms with E-state index in [4.69, 9.17) is 0 Å². The summed E-state index contributed by atoms with van der Waals surface area (Å²) in [6, 6.07) is 0. The van der Waals surface area contributed by atoms with Crippen LogP contribution in [-0.2, 0) is 4.28 Å². The van der Waals surface area contributed by atoms with E-state index in [2.05, 4.69) is 14.7 Å². The predicted molar refractivity (Wildman–Crippen MR) is 25.4 cm³/mol. The lowest BCUT2D eigenvalue weighted by Crippen LogP contribution is -1.56. The van der Waals surface area contributed by atoms with E-state index in [1.165, 1.54) is 12.0 Å². The van der Waals surface area contributed by atoms with Crippen LogP contribution in [0.15, 0.2) is 10.4 Å². The molecule has 0 saturated heterocycles. The first kappa shape index (κ1) is 5.75. The molecule has 0 amide bonds. The first-order valence-corrected chi connectivity index (χ1v) is 2.55. The van der Waals surface area contributed by atoms with Crippen LogP contribution < -0.4 is 0 Å². The Balaban J connectivity index is 2.66. The Morgan fingerprint density at radius 2 is 2.33 bits per heavy atom.